The second kappa shape index (κ2) is 9.91. The lowest BCUT2D eigenvalue weighted by atomic mass is 9.93. The van der Waals surface area contributed by atoms with Gasteiger partial charge in [-0.1, -0.05) is 28.9 Å². The van der Waals surface area contributed by atoms with Gasteiger partial charge in [0.2, 0.25) is 0 Å². The third-order valence-electron chi connectivity index (χ3n) is 6.03. The molecule has 0 spiro atoms. The Labute approximate surface area is 212 Å². The van der Waals surface area contributed by atoms with Crippen molar-refractivity contribution >= 4 is 22.9 Å². The average molecular weight is 537 g/mol. The maximum absolute atomic E-state index is 13.7. The fourth-order valence-corrected chi connectivity index (χ4v) is 5.47. The van der Waals surface area contributed by atoms with E-state index in [0.29, 0.717) is 10.7 Å². The number of rotatable bonds is 5. The molecule has 7 nitrogen and oxygen atoms in total. The first-order valence-electron chi connectivity index (χ1n) is 11.0. The fourth-order valence-electron chi connectivity index (χ4n) is 4.32. The molecule has 5 rings (SSSR count). The zero-order chi connectivity index (χ0) is 25.6. The lowest BCUT2D eigenvalue weighted by Crippen LogP contribution is -2.45. The van der Waals surface area contributed by atoms with Crippen LogP contribution in [0, 0.1) is 24.4 Å². The maximum atomic E-state index is 13.7. The van der Waals surface area contributed by atoms with Crippen LogP contribution in [0.2, 0.25) is 5.02 Å². The summed E-state index contributed by atoms with van der Waals surface area (Å²) < 4.78 is 48.2. The van der Waals surface area contributed by atoms with Gasteiger partial charge in [-0.15, -0.1) is 16.4 Å². The Balaban J connectivity index is 1.49. The minimum absolute atomic E-state index is 0.00664. The molecule has 2 aromatic carbocycles. The average Bonchev–Trinajstić information content (AvgIpc) is 3.50. The summed E-state index contributed by atoms with van der Waals surface area (Å²) in [6.45, 7) is 1.41. The topological polar surface area (TPSA) is 93.3 Å². The molecular formula is C24H20ClF3N4O3S. The second-order valence-corrected chi connectivity index (χ2v) is 10.1. The molecule has 0 aliphatic carbocycles. The normalized spacial score (nSPS) is 22.2. The number of hydrogen-bond acceptors (Lipinski definition) is 7. The molecular weight excluding hydrogens is 517 g/mol. The molecule has 4 unspecified atom stereocenters. The van der Waals surface area contributed by atoms with Gasteiger partial charge >= 0.3 is 0 Å². The molecule has 2 aromatic heterocycles. The first-order valence-corrected chi connectivity index (χ1v) is 12.2. The predicted molar refractivity (Wildman–Crippen MR) is 127 cm³/mol. The minimum Gasteiger partial charge on any atom is -0.394 e. The Morgan fingerprint density at radius 2 is 1.92 bits per heavy atom. The number of hydrogen-bond donors (Lipinski definition) is 2. The summed E-state index contributed by atoms with van der Waals surface area (Å²) in [4.78, 5) is 5.52. The van der Waals surface area contributed by atoms with E-state index in [1.807, 2.05) is 25.1 Å². The van der Waals surface area contributed by atoms with Crippen molar-refractivity contribution in [2.75, 3.05) is 6.61 Å². The number of benzene rings is 2. The van der Waals surface area contributed by atoms with Gasteiger partial charge in [0, 0.05) is 17.0 Å². The summed E-state index contributed by atoms with van der Waals surface area (Å²) in [5.74, 6) is -4.27. The highest BCUT2D eigenvalue weighted by atomic mass is 35.5. The molecule has 12 heteroatoms. The van der Waals surface area contributed by atoms with E-state index in [0.717, 1.165) is 27.6 Å². The molecule has 36 heavy (non-hydrogen) atoms. The van der Waals surface area contributed by atoms with Crippen LogP contribution in [0.25, 0.3) is 21.7 Å². The van der Waals surface area contributed by atoms with Crippen LogP contribution in [-0.4, -0.2) is 49.0 Å². The lowest BCUT2D eigenvalue weighted by molar-refractivity contribution is -0.159. The Hall–Kier alpha value is -2.83. The zero-order valence-electron chi connectivity index (χ0n) is 18.8. The van der Waals surface area contributed by atoms with Crippen LogP contribution in [0.5, 0.6) is 0 Å². The van der Waals surface area contributed by atoms with E-state index in [-0.39, 0.29) is 17.7 Å². The van der Waals surface area contributed by atoms with Crippen LogP contribution in [0.3, 0.4) is 0 Å². The molecule has 1 saturated heterocycles. The molecule has 2 N–H and O–H groups in total. The standard InChI is InChI=1S/C24H20ClF3N4O3S/c1-11-29-22(24(36-11)12-3-2-4-14(25)5-12)19-8-18(23(34)20(10-33)35-19)32-9-17(30-31-32)13-6-15(26)21(28)16(27)7-13/h2-7,9,18-20,23,33-34H,8,10H2,1H3. The van der Waals surface area contributed by atoms with Crippen molar-refractivity contribution in [2.45, 2.75) is 37.7 Å². The maximum Gasteiger partial charge on any atom is 0.194 e. The van der Waals surface area contributed by atoms with Gasteiger partial charge in [0.1, 0.15) is 24.0 Å². The first kappa shape index (κ1) is 24.8. The number of nitrogens with zero attached hydrogens (tertiary/aromatic N) is 4. The number of thiazole rings is 1. The largest absolute Gasteiger partial charge is 0.394 e. The number of aliphatic hydroxyl groups is 2. The summed E-state index contributed by atoms with van der Waals surface area (Å²) in [5.41, 5.74) is 1.58. The second-order valence-electron chi connectivity index (χ2n) is 8.43. The quantitative estimate of drug-likeness (QED) is 0.353. The number of aromatic nitrogens is 4. The van der Waals surface area contributed by atoms with Crippen LogP contribution in [0.1, 0.15) is 29.3 Å². The summed E-state index contributed by atoms with van der Waals surface area (Å²) in [6.07, 6.45) is -1.08. The van der Waals surface area contributed by atoms with Crippen LogP contribution < -0.4 is 0 Å². The van der Waals surface area contributed by atoms with Gasteiger partial charge in [-0.3, -0.25) is 0 Å². The third-order valence-corrected chi connectivity index (χ3v) is 7.30. The molecule has 0 saturated carbocycles. The van der Waals surface area contributed by atoms with Gasteiger partial charge in [0.15, 0.2) is 17.5 Å². The monoisotopic (exact) mass is 536 g/mol. The van der Waals surface area contributed by atoms with Gasteiger partial charge < -0.3 is 14.9 Å². The summed E-state index contributed by atoms with van der Waals surface area (Å²) in [7, 11) is 0. The van der Waals surface area contributed by atoms with E-state index in [1.165, 1.54) is 22.2 Å². The van der Waals surface area contributed by atoms with Gasteiger partial charge in [-0.05, 0) is 36.8 Å². The van der Waals surface area contributed by atoms with Crippen molar-refractivity contribution in [3.05, 3.63) is 75.8 Å². The number of aliphatic hydroxyl groups excluding tert-OH is 2. The Morgan fingerprint density at radius 3 is 2.61 bits per heavy atom. The van der Waals surface area contributed by atoms with E-state index in [1.54, 1.807) is 6.07 Å². The summed E-state index contributed by atoms with van der Waals surface area (Å²) >= 11 is 7.66. The molecule has 0 amide bonds. The Bertz CT molecular complexity index is 1390. The molecule has 0 radical (unpaired) electrons. The highest BCUT2D eigenvalue weighted by Gasteiger charge is 2.41. The minimum atomic E-state index is -1.58. The molecule has 188 valence electrons. The SMILES string of the molecule is Cc1nc(C2CC(n3cc(-c4cc(F)c(F)c(F)c4)nn3)C(O)C(CO)O2)c(-c2cccc(Cl)c2)s1. The van der Waals surface area contributed by atoms with Gasteiger partial charge in [-0.2, -0.15) is 0 Å². The molecule has 4 atom stereocenters. The van der Waals surface area contributed by atoms with Crippen molar-refractivity contribution < 1.29 is 28.1 Å². The van der Waals surface area contributed by atoms with Gasteiger partial charge in [0.05, 0.1) is 34.4 Å². The smallest absolute Gasteiger partial charge is 0.194 e. The van der Waals surface area contributed by atoms with Gasteiger partial charge in [-0.25, -0.2) is 22.8 Å². The van der Waals surface area contributed by atoms with Crippen molar-refractivity contribution in [3.8, 4) is 21.7 Å². The number of ether oxygens (including phenoxy) is 1. The molecule has 0 bridgehead atoms. The fraction of sp³-hybridized carbons (Fsp3) is 0.292. The molecule has 3 heterocycles. The van der Waals surface area contributed by atoms with E-state index in [2.05, 4.69) is 15.3 Å². The van der Waals surface area contributed by atoms with Crippen LogP contribution >= 0.6 is 22.9 Å². The highest BCUT2D eigenvalue weighted by Crippen LogP contribution is 2.43. The molecule has 1 fully saturated rings. The number of aryl methyl sites for hydroxylation is 1. The lowest BCUT2D eigenvalue weighted by Gasteiger charge is -2.38. The van der Waals surface area contributed by atoms with Crippen LogP contribution in [0.15, 0.2) is 42.6 Å². The van der Waals surface area contributed by atoms with Crippen LogP contribution in [0.4, 0.5) is 13.2 Å². The Kier molecular flexibility index (Phi) is 6.84. The Morgan fingerprint density at radius 1 is 1.17 bits per heavy atom. The summed E-state index contributed by atoms with van der Waals surface area (Å²) in [6, 6.07) is 8.27. The van der Waals surface area contributed by atoms with Crippen molar-refractivity contribution in [2.24, 2.45) is 0 Å². The molecule has 1 aliphatic rings. The first-order chi connectivity index (χ1) is 17.2. The van der Waals surface area contributed by atoms with E-state index in [9.17, 15) is 23.4 Å². The van der Waals surface area contributed by atoms with Crippen LogP contribution in [-0.2, 0) is 4.74 Å². The summed E-state index contributed by atoms with van der Waals surface area (Å²) in [5, 5.41) is 30.2. The van der Waals surface area contributed by atoms with E-state index < -0.39 is 48.4 Å². The predicted octanol–water partition coefficient (Wildman–Crippen LogP) is 4.87. The molecule has 1 aliphatic heterocycles. The zero-order valence-corrected chi connectivity index (χ0v) is 20.3. The van der Waals surface area contributed by atoms with E-state index >= 15 is 0 Å². The van der Waals surface area contributed by atoms with E-state index in [4.69, 9.17) is 16.3 Å². The van der Waals surface area contributed by atoms with Crippen molar-refractivity contribution in [1.29, 1.82) is 0 Å². The van der Waals surface area contributed by atoms with Gasteiger partial charge in [0.25, 0.3) is 0 Å². The molecule has 4 aromatic rings. The third kappa shape index (κ3) is 4.64. The van der Waals surface area contributed by atoms with Crippen molar-refractivity contribution in [3.63, 3.8) is 0 Å². The van der Waals surface area contributed by atoms with Crippen molar-refractivity contribution in [1.82, 2.24) is 20.0 Å². The highest BCUT2D eigenvalue weighted by molar-refractivity contribution is 7.15. The number of halogens is 4.